The number of nitrogens with zero attached hydrogens (tertiary/aromatic N) is 1. The van der Waals surface area contributed by atoms with Gasteiger partial charge in [-0.3, -0.25) is 9.36 Å². The lowest BCUT2D eigenvalue weighted by Crippen LogP contribution is -2.40. The van der Waals surface area contributed by atoms with Gasteiger partial charge in [0.05, 0.1) is 17.9 Å². The van der Waals surface area contributed by atoms with Crippen molar-refractivity contribution in [3.63, 3.8) is 0 Å². The van der Waals surface area contributed by atoms with Crippen LogP contribution in [0.15, 0.2) is 47.4 Å². The van der Waals surface area contributed by atoms with Crippen molar-refractivity contribution in [2.24, 2.45) is 0 Å². The summed E-state index contributed by atoms with van der Waals surface area (Å²) in [6, 6.07) is 6.44. The van der Waals surface area contributed by atoms with E-state index in [0.717, 1.165) is 17.7 Å². The van der Waals surface area contributed by atoms with Gasteiger partial charge in [-0.25, -0.2) is 0 Å². The predicted molar refractivity (Wildman–Crippen MR) is 122 cm³/mol. The Morgan fingerprint density at radius 2 is 1.75 bits per heavy atom. The van der Waals surface area contributed by atoms with E-state index in [1.807, 2.05) is 0 Å². The van der Waals surface area contributed by atoms with Crippen LogP contribution in [0.3, 0.4) is 0 Å². The molecule has 1 aliphatic heterocycles. The number of hydrogen-bond acceptors (Lipinski definition) is 3. The SMILES string of the molecule is CC1(C)C=C(n2cc(CO[Si](C)(C)C(C)(C)C)ccc2=O)c2cc(C(F)(F)F)ccc2O1. The minimum Gasteiger partial charge on any atom is -0.483 e. The van der Waals surface area contributed by atoms with Gasteiger partial charge in [0.15, 0.2) is 8.32 Å². The molecule has 174 valence electrons. The van der Waals surface area contributed by atoms with E-state index >= 15 is 0 Å². The Morgan fingerprint density at radius 3 is 2.34 bits per heavy atom. The summed E-state index contributed by atoms with van der Waals surface area (Å²) < 4.78 is 53.6. The Balaban J connectivity index is 2.06. The van der Waals surface area contributed by atoms with Crippen LogP contribution in [0, 0.1) is 0 Å². The predicted octanol–water partition coefficient (Wildman–Crippen LogP) is 6.45. The third kappa shape index (κ3) is 5.01. The topological polar surface area (TPSA) is 40.5 Å². The second-order valence-electron chi connectivity index (χ2n) is 10.2. The molecule has 4 nitrogen and oxygen atoms in total. The molecule has 0 radical (unpaired) electrons. The summed E-state index contributed by atoms with van der Waals surface area (Å²) in [4.78, 5) is 12.8. The number of pyridine rings is 1. The Kier molecular flexibility index (Phi) is 6.02. The van der Waals surface area contributed by atoms with Crippen molar-refractivity contribution < 1.29 is 22.3 Å². The number of ether oxygens (including phenoxy) is 1. The lowest BCUT2D eigenvalue weighted by atomic mass is 9.97. The quantitative estimate of drug-likeness (QED) is 0.487. The van der Waals surface area contributed by atoms with Gasteiger partial charge in [-0.1, -0.05) is 20.8 Å². The molecule has 0 unspecified atom stereocenters. The van der Waals surface area contributed by atoms with Gasteiger partial charge in [0.25, 0.3) is 5.56 Å². The molecule has 0 saturated carbocycles. The summed E-state index contributed by atoms with van der Waals surface area (Å²) >= 11 is 0. The van der Waals surface area contributed by atoms with Crippen molar-refractivity contribution in [3.05, 3.63) is 69.6 Å². The summed E-state index contributed by atoms with van der Waals surface area (Å²) in [5, 5.41) is 0.0294. The van der Waals surface area contributed by atoms with Crippen LogP contribution in [0.25, 0.3) is 5.70 Å². The Hall–Kier alpha value is -2.32. The number of rotatable bonds is 4. The Labute approximate surface area is 187 Å². The zero-order valence-electron chi connectivity index (χ0n) is 19.6. The molecular weight excluding hydrogens is 435 g/mol. The molecule has 0 bridgehead atoms. The third-order valence-corrected chi connectivity index (χ3v) is 10.6. The second-order valence-corrected chi connectivity index (χ2v) is 15.0. The molecule has 2 aromatic rings. The molecule has 0 atom stereocenters. The standard InChI is InChI=1S/C24H30F3NO3Si/c1-22(2,3)32(6,7)30-15-16-8-11-21(29)28(14-16)19-13-23(4,5)31-20-10-9-17(12-18(19)20)24(25,26)27/h8-14H,15H2,1-7H3. The fourth-order valence-corrected chi connectivity index (χ4v) is 4.16. The Bertz CT molecular complexity index is 1110. The summed E-state index contributed by atoms with van der Waals surface area (Å²) in [6.07, 6.45) is -1.18. The van der Waals surface area contributed by atoms with E-state index in [1.165, 1.54) is 16.7 Å². The van der Waals surface area contributed by atoms with Gasteiger partial charge in [-0.15, -0.1) is 0 Å². The van der Waals surface area contributed by atoms with Gasteiger partial charge in [-0.05, 0) is 67.9 Å². The molecule has 0 saturated heterocycles. The van der Waals surface area contributed by atoms with Crippen molar-refractivity contribution in [2.75, 3.05) is 0 Å². The summed E-state index contributed by atoms with van der Waals surface area (Å²) in [7, 11) is -2.01. The first kappa shape index (κ1) is 24.3. The van der Waals surface area contributed by atoms with Gasteiger partial charge in [-0.2, -0.15) is 13.2 Å². The minimum atomic E-state index is -4.50. The highest BCUT2D eigenvalue weighted by Gasteiger charge is 2.37. The van der Waals surface area contributed by atoms with Crippen LogP contribution in [-0.2, 0) is 17.2 Å². The monoisotopic (exact) mass is 465 g/mol. The van der Waals surface area contributed by atoms with E-state index in [0.29, 0.717) is 18.1 Å². The van der Waals surface area contributed by atoms with Crippen LogP contribution in [0.2, 0.25) is 18.1 Å². The van der Waals surface area contributed by atoms with E-state index in [2.05, 4.69) is 33.9 Å². The minimum absolute atomic E-state index is 0.0294. The van der Waals surface area contributed by atoms with Crippen molar-refractivity contribution in [1.29, 1.82) is 0 Å². The van der Waals surface area contributed by atoms with Gasteiger partial charge in [0.2, 0.25) is 0 Å². The highest BCUT2D eigenvalue weighted by molar-refractivity contribution is 6.74. The van der Waals surface area contributed by atoms with E-state index in [4.69, 9.17) is 9.16 Å². The average molecular weight is 466 g/mol. The zero-order valence-corrected chi connectivity index (χ0v) is 20.6. The molecule has 2 heterocycles. The first-order chi connectivity index (χ1) is 14.5. The van der Waals surface area contributed by atoms with Crippen molar-refractivity contribution in [2.45, 2.75) is 71.1 Å². The summed E-state index contributed by atoms with van der Waals surface area (Å²) in [6.45, 7) is 14.6. The second kappa shape index (κ2) is 7.92. The third-order valence-electron chi connectivity index (χ3n) is 6.08. The number of alkyl halides is 3. The summed E-state index contributed by atoms with van der Waals surface area (Å²) in [5.74, 6) is 0.301. The Morgan fingerprint density at radius 1 is 1.09 bits per heavy atom. The lowest BCUT2D eigenvalue weighted by molar-refractivity contribution is -0.137. The zero-order chi connectivity index (χ0) is 24.1. The number of hydrogen-bond donors (Lipinski definition) is 0. The summed E-state index contributed by atoms with van der Waals surface area (Å²) in [5.41, 5.74) is -0.572. The van der Waals surface area contributed by atoms with Crippen LogP contribution < -0.4 is 10.3 Å². The fourth-order valence-electron chi connectivity index (χ4n) is 3.20. The molecule has 1 aliphatic rings. The molecule has 3 rings (SSSR count). The molecule has 0 fully saturated rings. The van der Waals surface area contributed by atoms with E-state index in [-0.39, 0.29) is 16.2 Å². The van der Waals surface area contributed by atoms with E-state index < -0.39 is 25.7 Å². The normalized spacial score (nSPS) is 16.2. The maximum atomic E-state index is 13.3. The van der Waals surface area contributed by atoms with Crippen molar-refractivity contribution >= 4 is 14.0 Å². The number of fused-ring (bicyclic) bond motifs is 1. The van der Waals surface area contributed by atoms with Gasteiger partial charge in [0, 0.05) is 17.8 Å². The average Bonchev–Trinajstić information content (AvgIpc) is 2.64. The van der Waals surface area contributed by atoms with Crippen molar-refractivity contribution in [1.82, 2.24) is 4.57 Å². The first-order valence-electron chi connectivity index (χ1n) is 10.5. The lowest BCUT2D eigenvalue weighted by Gasteiger charge is -2.36. The van der Waals surface area contributed by atoms with Gasteiger partial charge < -0.3 is 9.16 Å². The van der Waals surface area contributed by atoms with Crippen LogP contribution in [-0.4, -0.2) is 18.5 Å². The highest BCUT2D eigenvalue weighted by Crippen LogP contribution is 2.40. The fraction of sp³-hybridized carbons (Fsp3) is 0.458. The molecule has 0 amide bonds. The molecule has 0 N–H and O–H groups in total. The van der Waals surface area contributed by atoms with Gasteiger partial charge in [0.1, 0.15) is 11.4 Å². The van der Waals surface area contributed by atoms with Crippen LogP contribution in [0.5, 0.6) is 5.75 Å². The van der Waals surface area contributed by atoms with Crippen LogP contribution in [0.1, 0.15) is 51.3 Å². The number of aromatic nitrogens is 1. The van der Waals surface area contributed by atoms with Crippen molar-refractivity contribution in [3.8, 4) is 5.75 Å². The van der Waals surface area contributed by atoms with Gasteiger partial charge >= 0.3 is 6.18 Å². The molecule has 0 aliphatic carbocycles. The smallest absolute Gasteiger partial charge is 0.416 e. The van der Waals surface area contributed by atoms with Crippen LogP contribution >= 0.6 is 0 Å². The maximum absolute atomic E-state index is 13.3. The molecule has 8 heteroatoms. The molecule has 32 heavy (non-hydrogen) atoms. The molecule has 0 spiro atoms. The first-order valence-corrected chi connectivity index (χ1v) is 13.4. The largest absolute Gasteiger partial charge is 0.483 e. The van der Waals surface area contributed by atoms with Crippen LogP contribution in [0.4, 0.5) is 13.2 Å². The number of halogens is 3. The molecular formula is C24H30F3NO3Si. The molecule has 1 aromatic heterocycles. The number of benzene rings is 1. The maximum Gasteiger partial charge on any atom is 0.416 e. The van der Waals surface area contributed by atoms with E-state index in [9.17, 15) is 18.0 Å². The molecule has 1 aromatic carbocycles. The highest BCUT2D eigenvalue weighted by atomic mass is 28.4. The van der Waals surface area contributed by atoms with E-state index in [1.54, 1.807) is 32.2 Å².